The van der Waals surface area contributed by atoms with Crippen LogP contribution in [0.5, 0.6) is 0 Å². The lowest BCUT2D eigenvalue weighted by Crippen LogP contribution is -2.17. The lowest BCUT2D eigenvalue weighted by Gasteiger charge is -2.22. The highest BCUT2D eigenvalue weighted by Gasteiger charge is 2.28. The topological polar surface area (TPSA) is 46.3 Å². The van der Waals surface area contributed by atoms with E-state index >= 15 is 0 Å². The number of carbonyl (C=O) groups excluding carboxylic acids is 1. The molecule has 0 radical (unpaired) electrons. The molecule has 1 saturated carbocycles. The number of carbonyl (C=O) groups is 1. The first-order valence-corrected chi connectivity index (χ1v) is 6.43. The molecule has 3 heteroatoms. The van der Waals surface area contributed by atoms with Gasteiger partial charge in [-0.15, -0.1) is 0 Å². The maximum absolute atomic E-state index is 10.8. The number of nitrogen functional groups attached to an aromatic ring is 1. The van der Waals surface area contributed by atoms with E-state index in [0.717, 1.165) is 35.3 Å². The van der Waals surface area contributed by atoms with Gasteiger partial charge in [0.15, 0.2) is 0 Å². The van der Waals surface area contributed by atoms with Crippen LogP contribution < -0.4 is 10.6 Å². The lowest BCUT2D eigenvalue weighted by atomic mass is 9.98. The predicted molar refractivity (Wildman–Crippen MR) is 76.6 cm³/mol. The van der Waals surface area contributed by atoms with E-state index in [2.05, 4.69) is 18.9 Å². The van der Waals surface area contributed by atoms with Gasteiger partial charge in [0, 0.05) is 30.5 Å². The summed E-state index contributed by atoms with van der Waals surface area (Å²) in [6.45, 7) is 3.04. The third-order valence-electron chi connectivity index (χ3n) is 3.48. The average Bonchev–Trinajstić information content (AvgIpc) is 3.19. The molecule has 0 aromatic heterocycles. The van der Waals surface area contributed by atoms with Gasteiger partial charge in [-0.25, -0.2) is 0 Å². The molecule has 0 aliphatic heterocycles. The molecule has 0 spiro atoms. The molecule has 0 amide bonds. The Morgan fingerprint density at radius 2 is 2.22 bits per heavy atom. The van der Waals surface area contributed by atoms with E-state index in [1.54, 1.807) is 6.08 Å². The Balaban J connectivity index is 2.49. The van der Waals surface area contributed by atoms with E-state index in [4.69, 9.17) is 5.73 Å². The first-order valence-electron chi connectivity index (χ1n) is 6.43. The molecule has 0 unspecified atom stereocenters. The second-order valence-corrected chi connectivity index (χ2v) is 4.82. The fourth-order valence-electron chi connectivity index (χ4n) is 2.20. The zero-order valence-corrected chi connectivity index (χ0v) is 11.0. The Labute approximate surface area is 108 Å². The Bertz CT molecular complexity index is 475. The minimum absolute atomic E-state index is 0.529. The average molecular weight is 244 g/mol. The van der Waals surface area contributed by atoms with E-state index < -0.39 is 0 Å². The number of hydrogen-bond donors (Lipinski definition) is 1. The largest absolute Gasteiger partial charge is 0.399 e. The molecule has 0 heterocycles. The molecule has 0 atom stereocenters. The van der Waals surface area contributed by atoms with Gasteiger partial charge in [-0.3, -0.25) is 4.79 Å². The van der Waals surface area contributed by atoms with Crippen molar-refractivity contribution in [3.05, 3.63) is 29.8 Å². The van der Waals surface area contributed by atoms with E-state index in [1.807, 2.05) is 18.2 Å². The smallest absolute Gasteiger partial charge is 0.143 e. The fraction of sp³-hybridized carbons (Fsp3) is 0.400. The van der Waals surface area contributed by atoms with Gasteiger partial charge in [-0.2, -0.15) is 0 Å². The third kappa shape index (κ3) is 2.55. The molecule has 0 bridgehead atoms. The summed E-state index contributed by atoms with van der Waals surface area (Å²) in [5, 5.41) is 0. The van der Waals surface area contributed by atoms with Gasteiger partial charge in [0.25, 0.3) is 0 Å². The van der Waals surface area contributed by atoms with Gasteiger partial charge < -0.3 is 10.6 Å². The number of hydrogen-bond acceptors (Lipinski definition) is 3. The zero-order valence-electron chi connectivity index (χ0n) is 11.0. The van der Waals surface area contributed by atoms with Crippen molar-refractivity contribution in [1.29, 1.82) is 0 Å². The monoisotopic (exact) mass is 244 g/mol. The molecule has 1 aliphatic carbocycles. The summed E-state index contributed by atoms with van der Waals surface area (Å²) in [5.41, 5.74) is 10.0. The molecule has 18 heavy (non-hydrogen) atoms. The minimum atomic E-state index is 0.529. The first kappa shape index (κ1) is 12.7. The number of rotatable bonds is 5. The van der Waals surface area contributed by atoms with Gasteiger partial charge in [0.05, 0.1) is 0 Å². The molecule has 0 saturated heterocycles. The summed E-state index contributed by atoms with van der Waals surface area (Å²) in [4.78, 5) is 13.0. The highest BCUT2D eigenvalue weighted by molar-refractivity contribution is 5.88. The Morgan fingerprint density at radius 3 is 2.78 bits per heavy atom. The lowest BCUT2D eigenvalue weighted by molar-refractivity contribution is -0.104. The number of benzene rings is 1. The van der Waals surface area contributed by atoms with Crippen molar-refractivity contribution in [2.75, 3.05) is 24.2 Å². The number of anilines is 2. The first-order chi connectivity index (χ1) is 8.67. The maximum atomic E-state index is 10.8. The Morgan fingerprint density at radius 1 is 1.50 bits per heavy atom. The number of allylic oxidation sites excluding steroid dienone is 2. The third-order valence-corrected chi connectivity index (χ3v) is 3.48. The highest BCUT2D eigenvalue weighted by Crippen LogP contribution is 2.44. The van der Waals surface area contributed by atoms with Crippen LogP contribution in [-0.2, 0) is 4.79 Å². The van der Waals surface area contributed by atoms with Crippen molar-refractivity contribution < 1.29 is 4.79 Å². The van der Waals surface area contributed by atoms with E-state index in [-0.39, 0.29) is 0 Å². The molecular formula is C15H20N2O. The zero-order chi connectivity index (χ0) is 13.1. The molecule has 1 aliphatic rings. The minimum Gasteiger partial charge on any atom is -0.399 e. The van der Waals surface area contributed by atoms with Crippen LogP contribution >= 0.6 is 0 Å². The second-order valence-electron chi connectivity index (χ2n) is 4.82. The van der Waals surface area contributed by atoms with Crippen LogP contribution in [0.15, 0.2) is 24.3 Å². The van der Waals surface area contributed by atoms with Crippen LogP contribution in [0.1, 0.15) is 25.3 Å². The van der Waals surface area contributed by atoms with Crippen molar-refractivity contribution >= 4 is 23.2 Å². The standard InChI is InChI=1S/C15H20N2O/c1-3-17(2)15-7-6-12(16)10-14(15)13(8-9-18)11-4-5-11/h6-11H,3-5,16H2,1-2H3/b13-8-. The summed E-state index contributed by atoms with van der Waals surface area (Å²) in [6, 6.07) is 5.93. The van der Waals surface area contributed by atoms with Crippen LogP contribution in [0.2, 0.25) is 0 Å². The van der Waals surface area contributed by atoms with Crippen LogP contribution in [0.4, 0.5) is 11.4 Å². The molecule has 96 valence electrons. The van der Waals surface area contributed by atoms with Crippen LogP contribution in [0, 0.1) is 5.92 Å². The maximum Gasteiger partial charge on any atom is 0.143 e. The van der Waals surface area contributed by atoms with E-state index in [1.165, 1.54) is 12.8 Å². The molecule has 3 nitrogen and oxygen atoms in total. The molecule has 2 rings (SSSR count). The quantitative estimate of drug-likeness (QED) is 0.492. The van der Waals surface area contributed by atoms with Gasteiger partial charge in [0.2, 0.25) is 0 Å². The summed E-state index contributed by atoms with van der Waals surface area (Å²) < 4.78 is 0. The van der Waals surface area contributed by atoms with Gasteiger partial charge in [-0.1, -0.05) is 0 Å². The summed E-state index contributed by atoms with van der Waals surface area (Å²) in [7, 11) is 2.06. The highest BCUT2D eigenvalue weighted by atomic mass is 16.1. The van der Waals surface area contributed by atoms with Gasteiger partial charge in [-0.05, 0) is 55.5 Å². The Hall–Kier alpha value is -1.77. The van der Waals surface area contributed by atoms with Gasteiger partial charge >= 0.3 is 0 Å². The number of nitrogens with two attached hydrogens (primary N) is 1. The van der Waals surface area contributed by atoms with Crippen molar-refractivity contribution in [3.8, 4) is 0 Å². The summed E-state index contributed by atoms with van der Waals surface area (Å²) in [5.74, 6) is 0.529. The van der Waals surface area contributed by atoms with E-state index in [9.17, 15) is 4.79 Å². The van der Waals surface area contributed by atoms with Crippen LogP contribution in [0.3, 0.4) is 0 Å². The molecular weight excluding hydrogens is 224 g/mol. The molecule has 1 aromatic rings. The summed E-state index contributed by atoms with van der Waals surface area (Å²) in [6.07, 6.45) is 4.92. The summed E-state index contributed by atoms with van der Waals surface area (Å²) >= 11 is 0. The normalized spacial score (nSPS) is 15.6. The van der Waals surface area contributed by atoms with E-state index in [0.29, 0.717) is 5.92 Å². The predicted octanol–water partition coefficient (Wildman–Crippen LogP) is 2.72. The van der Waals surface area contributed by atoms with Gasteiger partial charge in [0.1, 0.15) is 6.29 Å². The van der Waals surface area contributed by atoms with Crippen LogP contribution in [-0.4, -0.2) is 19.9 Å². The molecule has 1 aromatic carbocycles. The van der Waals surface area contributed by atoms with Crippen LogP contribution in [0.25, 0.3) is 5.57 Å². The van der Waals surface area contributed by atoms with Crippen molar-refractivity contribution in [1.82, 2.24) is 0 Å². The molecule has 2 N–H and O–H groups in total. The van der Waals surface area contributed by atoms with Crippen molar-refractivity contribution in [3.63, 3.8) is 0 Å². The number of nitrogens with zero attached hydrogens (tertiary/aromatic N) is 1. The second kappa shape index (κ2) is 5.25. The van der Waals surface area contributed by atoms with Crippen molar-refractivity contribution in [2.45, 2.75) is 19.8 Å². The SMILES string of the molecule is CCN(C)c1ccc(N)cc1/C(=C\C=O)C1CC1. The number of aldehydes is 1. The van der Waals surface area contributed by atoms with Crippen molar-refractivity contribution in [2.24, 2.45) is 5.92 Å². The fourth-order valence-corrected chi connectivity index (χ4v) is 2.20. The Kier molecular flexibility index (Phi) is 3.70. The molecule has 1 fully saturated rings.